The first kappa shape index (κ1) is 20.7. The molecule has 10 heteroatoms. The van der Waals surface area contributed by atoms with Crippen molar-refractivity contribution in [1.82, 2.24) is 4.90 Å². The molecule has 128 valence electrons. The Kier molecular flexibility index (Phi) is 8.81. The van der Waals surface area contributed by atoms with Crippen molar-refractivity contribution in [1.29, 1.82) is 0 Å². The zero-order chi connectivity index (χ0) is 16.7. The van der Waals surface area contributed by atoms with Crippen molar-refractivity contribution < 1.29 is 38.5 Å². The van der Waals surface area contributed by atoms with Gasteiger partial charge in [0.2, 0.25) is 0 Å². The van der Waals surface area contributed by atoms with Gasteiger partial charge in [0.15, 0.2) is 5.44 Å². The second kappa shape index (κ2) is 8.96. The van der Waals surface area contributed by atoms with Gasteiger partial charge in [0.1, 0.15) is 6.23 Å². The summed E-state index contributed by atoms with van der Waals surface area (Å²) in [5.74, 6) is 0. The molecule has 21 heavy (non-hydrogen) atoms. The summed E-state index contributed by atoms with van der Waals surface area (Å²) in [5.41, 5.74) is -3.47. The molecule has 0 aliphatic rings. The van der Waals surface area contributed by atoms with E-state index >= 15 is 0 Å². The fourth-order valence-corrected chi connectivity index (χ4v) is 2.65. The number of hydrogen-bond acceptors (Lipinski definition) is 8. The summed E-state index contributed by atoms with van der Waals surface area (Å²) in [6.07, 6.45) is -1.50. The molecule has 6 N–H and O–H groups in total. The van der Waals surface area contributed by atoms with E-state index in [1.165, 1.54) is 0 Å². The normalized spacial score (nSPS) is 16.2. The highest BCUT2D eigenvalue weighted by molar-refractivity contribution is 7.86. The van der Waals surface area contributed by atoms with Gasteiger partial charge in [-0.3, -0.25) is 9.45 Å². The summed E-state index contributed by atoms with van der Waals surface area (Å²) >= 11 is 0. The van der Waals surface area contributed by atoms with Gasteiger partial charge in [0.25, 0.3) is 10.1 Å². The molecule has 0 fully saturated rings. The number of nitrogens with zero attached hydrogens (tertiary/aromatic N) is 1. The van der Waals surface area contributed by atoms with Crippen molar-refractivity contribution in [3.05, 3.63) is 0 Å². The Bertz CT molecular complexity index is 384. The third-order valence-electron chi connectivity index (χ3n) is 3.37. The van der Waals surface area contributed by atoms with Crippen molar-refractivity contribution in [2.24, 2.45) is 0 Å². The molecule has 0 aromatic carbocycles. The van der Waals surface area contributed by atoms with E-state index in [4.69, 9.17) is 9.66 Å². The fraction of sp³-hybridized carbons (Fsp3) is 1.00. The third-order valence-corrected chi connectivity index (χ3v) is 4.25. The summed E-state index contributed by atoms with van der Waals surface area (Å²) < 4.78 is 30.3. The van der Waals surface area contributed by atoms with E-state index in [9.17, 15) is 28.8 Å². The lowest BCUT2D eigenvalue weighted by Crippen LogP contribution is -2.60. The molecule has 0 aromatic rings. The Labute approximate surface area is 124 Å². The highest BCUT2D eigenvalue weighted by Crippen LogP contribution is 2.25. The number of aliphatic hydroxyl groups excluding tert-OH is 5. The van der Waals surface area contributed by atoms with Crippen molar-refractivity contribution in [3.8, 4) is 0 Å². The summed E-state index contributed by atoms with van der Waals surface area (Å²) in [7, 11) is -4.74. The van der Waals surface area contributed by atoms with Crippen LogP contribution in [0.2, 0.25) is 0 Å². The molecule has 0 saturated heterocycles. The lowest BCUT2D eigenvalue weighted by molar-refractivity contribution is -0.124. The minimum atomic E-state index is -4.74. The second-order valence-electron chi connectivity index (χ2n) is 4.89. The van der Waals surface area contributed by atoms with Gasteiger partial charge in [-0.05, 0) is 6.42 Å². The molecule has 0 radical (unpaired) electrons. The van der Waals surface area contributed by atoms with Crippen LogP contribution in [0.4, 0.5) is 0 Å². The lowest BCUT2D eigenvalue weighted by Gasteiger charge is -2.44. The number of aliphatic hydroxyl groups is 5. The molecule has 0 bridgehead atoms. The summed E-state index contributed by atoms with van der Waals surface area (Å²) in [4.78, 5) is 1.13. The van der Waals surface area contributed by atoms with E-state index in [2.05, 4.69) is 0 Å². The van der Waals surface area contributed by atoms with Crippen molar-refractivity contribution >= 4 is 10.1 Å². The quantitative estimate of drug-likeness (QED) is 0.181. The van der Waals surface area contributed by atoms with E-state index in [1.807, 2.05) is 0 Å². The maximum atomic E-state index is 10.8. The van der Waals surface area contributed by atoms with Crippen LogP contribution in [-0.4, -0.2) is 87.0 Å². The monoisotopic (exact) mass is 331 g/mol. The van der Waals surface area contributed by atoms with Crippen LogP contribution in [0.3, 0.4) is 0 Å². The van der Waals surface area contributed by atoms with Crippen LogP contribution in [0.5, 0.6) is 0 Å². The van der Waals surface area contributed by atoms with Gasteiger partial charge in [-0.1, -0.05) is 13.3 Å². The summed E-state index contributed by atoms with van der Waals surface area (Å²) in [6.45, 7) is 0.161. The second-order valence-corrected chi connectivity index (χ2v) is 6.47. The minimum absolute atomic E-state index is 0.152. The maximum absolute atomic E-state index is 10.8. The number of β-amino-alcohol motifs (C(OH)–C–C–N with tert-alkyl or cyclic N) is 1. The summed E-state index contributed by atoms with van der Waals surface area (Å²) in [6, 6.07) is 0. The van der Waals surface area contributed by atoms with Gasteiger partial charge >= 0.3 is 0 Å². The van der Waals surface area contributed by atoms with E-state index < -0.39 is 53.6 Å². The van der Waals surface area contributed by atoms with Crippen LogP contribution >= 0.6 is 0 Å². The van der Waals surface area contributed by atoms with Crippen LogP contribution in [0.15, 0.2) is 0 Å². The fourth-order valence-electron chi connectivity index (χ4n) is 2.24. The van der Waals surface area contributed by atoms with Crippen molar-refractivity contribution in [2.75, 3.05) is 26.4 Å². The molecule has 0 aliphatic heterocycles. The molecular weight excluding hydrogens is 306 g/mol. The Morgan fingerprint density at radius 3 is 2.00 bits per heavy atom. The first-order chi connectivity index (χ1) is 9.68. The topological polar surface area (TPSA) is 159 Å². The molecule has 0 heterocycles. The van der Waals surface area contributed by atoms with Gasteiger partial charge in [0.05, 0.1) is 25.4 Å². The highest BCUT2D eigenvalue weighted by Gasteiger charge is 2.40. The number of hydrogen-bond donors (Lipinski definition) is 6. The van der Waals surface area contributed by atoms with Gasteiger partial charge in [-0.25, -0.2) is 0 Å². The maximum Gasteiger partial charge on any atom is 0.292 e. The highest BCUT2D eigenvalue weighted by atomic mass is 32.2. The Morgan fingerprint density at radius 1 is 1.14 bits per heavy atom. The Balaban J connectivity index is 5.26. The summed E-state index contributed by atoms with van der Waals surface area (Å²) in [5, 5.41) is 47.5. The van der Waals surface area contributed by atoms with Crippen molar-refractivity contribution in [2.45, 2.75) is 43.4 Å². The standard InChI is InChI=1S/C11H25NO8S/c1-2-3-11(7-14,8-15)12(4-5-13)9(16)6-10(17)21(18,19)20/h9-10,13-17H,2-8H2,1H3,(H,18,19,20). The van der Waals surface area contributed by atoms with Gasteiger partial charge in [-0.2, -0.15) is 8.42 Å². The first-order valence-corrected chi connectivity index (χ1v) is 8.10. The van der Waals surface area contributed by atoms with Crippen LogP contribution < -0.4 is 0 Å². The molecule has 2 atom stereocenters. The van der Waals surface area contributed by atoms with Crippen LogP contribution in [-0.2, 0) is 10.1 Å². The molecule has 0 rings (SSSR count). The van der Waals surface area contributed by atoms with Crippen LogP contribution in [0.1, 0.15) is 26.2 Å². The van der Waals surface area contributed by atoms with Gasteiger partial charge in [0, 0.05) is 13.0 Å². The van der Waals surface area contributed by atoms with Gasteiger partial charge in [-0.15, -0.1) is 0 Å². The molecule has 0 aliphatic carbocycles. The third kappa shape index (κ3) is 5.75. The predicted molar refractivity (Wildman–Crippen MR) is 73.8 cm³/mol. The molecule has 0 spiro atoms. The predicted octanol–water partition coefficient (Wildman–Crippen LogP) is -2.28. The van der Waals surface area contributed by atoms with Crippen LogP contribution in [0.25, 0.3) is 0 Å². The van der Waals surface area contributed by atoms with E-state index in [0.29, 0.717) is 6.42 Å². The molecular formula is C11H25NO8S. The molecule has 2 unspecified atom stereocenters. The average Bonchev–Trinajstić information content (AvgIpc) is 2.41. The smallest absolute Gasteiger partial charge is 0.292 e. The number of rotatable bonds is 11. The Morgan fingerprint density at radius 2 is 1.67 bits per heavy atom. The largest absolute Gasteiger partial charge is 0.395 e. The SMILES string of the molecule is CCCC(CO)(CO)N(CCO)C(O)CC(O)S(=O)(=O)O. The Hall–Kier alpha value is -0.330. The van der Waals surface area contributed by atoms with Crippen LogP contribution in [0, 0.1) is 0 Å². The zero-order valence-corrected chi connectivity index (χ0v) is 12.8. The molecule has 0 saturated carbocycles. The molecule has 9 nitrogen and oxygen atoms in total. The lowest BCUT2D eigenvalue weighted by atomic mass is 9.92. The average molecular weight is 331 g/mol. The molecule has 0 amide bonds. The van der Waals surface area contributed by atoms with E-state index in [-0.39, 0.29) is 13.0 Å². The molecule has 0 aromatic heterocycles. The van der Waals surface area contributed by atoms with E-state index in [0.717, 1.165) is 4.90 Å². The zero-order valence-electron chi connectivity index (χ0n) is 12.0. The van der Waals surface area contributed by atoms with Crippen molar-refractivity contribution in [3.63, 3.8) is 0 Å². The minimum Gasteiger partial charge on any atom is -0.395 e. The van der Waals surface area contributed by atoms with Gasteiger partial charge < -0.3 is 25.5 Å². The first-order valence-electron chi connectivity index (χ1n) is 6.60. The van der Waals surface area contributed by atoms with E-state index in [1.54, 1.807) is 6.92 Å².